The lowest BCUT2D eigenvalue weighted by Crippen LogP contribution is -2.37. The van der Waals surface area contributed by atoms with Gasteiger partial charge in [-0.05, 0) is 25.0 Å². The molecule has 2 atom stereocenters. The van der Waals surface area contributed by atoms with Gasteiger partial charge < -0.3 is 15.4 Å². The van der Waals surface area contributed by atoms with E-state index in [4.69, 9.17) is 4.74 Å². The Morgan fingerprint density at radius 2 is 2.11 bits per heavy atom. The molecule has 0 saturated heterocycles. The first-order chi connectivity index (χ1) is 9.06. The third-order valence-corrected chi connectivity index (χ3v) is 3.44. The lowest BCUT2D eigenvalue weighted by atomic mass is 10.0. The normalized spacial score (nSPS) is 13.7. The van der Waals surface area contributed by atoms with Crippen LogP contribution >= 0.6 is 0 Å². The van der Waals surface area contributed by atoms with Gasteiger partial charge >= 0.3 is 0 Å². The second-order valence-electron chi connectivity index (χ2n) is 4.84. The topological polar surface area (TPSA) is 50.4 Å². The molecule has 1 aromatic rings. The van der Waals surface area contributed by atoms with Gasteiger partial charge in [-0.2, -0.15) is 0 Å². The van der Waals surface area contributed by atoms with Crippen LogP contribution in [-0.2, 0) is 4.79 Å². The molecule has 0 aliphatic rings. The lowest BCUT2D eigenvalue weighted by molar-refractivity contribution is -0.115. The molecule has 0 spiro atoms. The molecule has 4 heteroatoms. The Kier molecular flexibility index (Phi) is 6.36. The molecule has 1 aromatic carbocycles. The van der Waals surface area contributed by atoms with Crippen molar-refractivity contribution in [3.05, 3.63) is 24.3 Å². The highest BCUT2D eigenvalue weighted by Crippen LogP contribution is 2.16. The molecule has 106 valence electrons. The Balaban J connectivity index is 2.42. The first-order valence-corrected chi connectivity index (χ1v) is 6.74. The van der Waals surface area contributed by atoms with E-state index in [9.17, 15) is 4.79 Å². The van der Waals surface area contributed by atoms with Gasteiger partial charge in [0.15, 0.2) is 0 Å². The smallest absolute Gasteiger partial charge is 0.238 e. The van der Waals surface area contributed by atoms with E-state index in [1.807, 2.05) is 18.2 Å². The summed E-state index contributed by atoms with van der Waals surface area (Å²) in [5.41, 5.74) is 0.752. The molecule has 1 rings (SSSR count). The number of hydrogen-bond acceptors (Lipinski definition) is 3. The van der Waals surface area contributed by atoms with E-state index in [1.165, 1.54) is 0 Å². The summed E-state index contributed by atoms with van der Waals surface area (Å²) in [5, 5.41) is 6.09. The standard InChI is InChI=1S/C15H24N2O2/c1-5-11(2)12(3)16-10-15(18)17-13-7-6-8-14(9-13)19-4/h6-9,11-12,16H,5,10H2,1-4H3,(H,17,18). The predicted molar refractivity (Wildman–Crippen MR) is 78.5 cm³/mol. The Morgan fingerprint density at radius 3 is 2.74 bits per heavy atom. The molecule has 0 aliphatic heterocycles. The summed E-state index contributed by atoms with van der Waals surface area (Å²) in [4.78, 5) is 11.8. The Labute approximate surface area is 115 Å². The largest absolute Gasteiger partial charge is 0.497 e. The monoisotopic (exact) mass is 264 g/mol. The van der Waals surface area contributed by atoms with Crippen LogP contribution in [0.3, 0.4) is 0 Å². The van der Waals surface area contributed by atoms with Crippen molar-refractivity contribution in [2.45, 2.75) is 33.2 Å². The minimum atomic E-state index is -0.0385. The third kappa shape index (κ3) is 5.30. The van der Waals surface area contributed by atoms with Crippen LogP contribution in [0.15, 0.2) is 24.3 Å². The zero-order valence-corrected chi connectivity index (χ0v) is 12.2. The van der Waals surface area contributed by atoms with Crippen molar-refractivity contribution < 1.29 is 9.53 Å². The van der Waals surface area contributed by atoms with Gasteiger partial charge in [0.05, 0.1) is 13.7 Å². The maximum Gasteiger partial charge on any atom is 0.238 e. The zero-order valence-electron chi connectivity index (χ0n) is 12.2. The molecule has 4 nitrogen and oxygen atoms in total. The highest BCUT2D eigenvalue weighted by molar-refractivity contribution is 5.92. The van der Waals surface area contributed by atoms with E-state index >= 15 is 0 Å². The van der Waals surface area contributed by atoms with E-state index < -0.39 is 0 Å². The summed E-state index contributed by atoms with van der Waals surface area (Å²) >= 11 is 0. The molecule has 1 amide bonds. The van der Waals surface area contributed by atoms with Crippen molar-refractivity contribution >= 4 is 11.6 Å². The van der Waals surface area contributed by atoms with Crippen LogP contribution < -0.4 is 15.4 Å². The van der Waals surface area contributed by atoms with E-state index in [1.54, 1.807) is 13.2 Å². The van der Waals surface area contributed by atoms with Gasteiger partial charge in [-0.1, -0.05) is 26.3 Å². The van der Waals surface area contributed by atoms with Crippen molar-refractivity contribution in [2.24, 2.45) is 5.92 Å². The van der Waals surface area contributed by atoms with Crippen molar-refractivity contribution in [2.75, 3.05) is 19.0 Å². The van der Waals surface area contributed by atoms with Crippen LogP contribution in [0.5, 0.6) is 5.75 Å². The molecular weight excluding hydrogens is 240 g/mol. The molecule has 0 bridgehead atoms. The van der Waals surface area contributed by atoms with E-state index in [2.05, 4.69) is 31.4 Å². The number of nitrogens with one attached hydrogen (secondary N) is 2. The van der Waals surface area contributed by atoms with Gasteiger partial charge in [0.2, 0.25) is 5.91 Å². The Bertz CT molecular complexity index is 407. The molecule has 0 radical (unpaired) electrons. The first-order valence-electron chi connectivity index (χ1n) is 6.74. The van der Waals surface area contributed by atoms with Gasteiger partial charge in [0.1, 0.15) is 5.75 Å². The maximum absolute atomic E-state index is 11.8. The average Bonchev–Trinajstić information content (AvgIpc) is 2.44. The molecule has 0 heterocycles. The second-order valence-corrected chi connectivity index (χ2v) is 4.84. The van der Waals surface area contributed by atoms with Crippen molar-refractivity contribution in [1.82, 2.24) is 5.32 Å². The molecule has 0 aromatic heterocycles. The SMILES string of the molecule is CCC(C)C(C)NCC(=O)Nc1cccc(OC)c1. The van der Waals surface area contributed by atoms with Crippen molar-refractivity contribution in [3.63, 3.8) is 0 Å². The molecule has 0 fully saturated rings. The lowest BCUT2D eigenvalue weighted by Gasteiger charge is -2.19. The van der Waals surface area contributed by atoms with E-state index in [-0.39, 0.29) is 5.91 Å². The van der Waals surface area contributed by atoms with Gasteiger partial charge in [0, 0.05) is 17.8 Å². The average molecular weight is 264 g/mol. The van der Waals surface area contributed by atoms with Crippen LogP contribution in [0.1, 0.15) is 27.2 Å². The minimum absolute atomic E-state index is 0.0385. The van der Waals surface area contributed by atoms with Crippen LogP contribution in [-0.4, -0.2) is 25.6 Å². The first kappa shape index (κ1) is 15.5. The number of ether oxygens (including phenoxy) is 1. The number of carbonyl (C=O) groups excluding carboxylic acids is 1. The maximum atomic E-state index is 11.8. The fraction of sp³-hybridized carbons (Fsp3) is 0.533. The Hall–Kier alpha value is -1.55. The minimum Gasteiger partial charge on any atom is -0.497 e. The van der Waals surface area contributed by atoms with Crippen LogP contribution in [0.4, 0.5) is 5.69 Å². The van der Waals surface area contributed by atoms with Crippen LogP contribution in [0, 0.1) is 5.92 Å². The quantitative estimate of drug-likeness (QED) is 0.796. The van der Waals surface area contributed by atoms with Crippen LogP contribution in [0.25, 0.3) is 0 Å². The molecule has 2 N–H and O–H groups in total. The number of benzene rings is 1. The summed E-state index contributed by atoms with van der Waals surface area (Å²) in [6.07, 6.45) is 1.10. The van der Waals surface area contributed by atoms with E-state index in [0.29, 0.717) is 18.5 Å². The second kappa shape index (κ2) is 7.79. The summed E-state index contributed by atoms with van der Waals surface area (Å²) in [7, 11) is 1.61. The van der Waals surface area contributed by atoms with E-state index in [0.717, 1.165) is 17.9 Å². The number of anilines is 1. The summed E-state index contributed by atoms with van der Waals surface area (Å²) in [6.45, 7) is 6.76. The molecule has 0 aliphatic carbocycles. The molecule has 0 saturated carbocycles. The predicted octanol–water partition coefficient (Wildman–Crippen LogP) is 2.66. The number of methoxy groups -OCH3 is 1. The van der Waals surface area contributed by atoms with Gasteiger partial charge in [-0.25, -0.2) is 0 Å². The fourth-order valence-corrected chi connectivity index (χ4v) is 1.71. The summed E-state index contributed by atoms with van der Waals surface area (Å²) in [5.74, 6) is 1.26. The number of carbonyl (C=O) groups is 1. The summed E-state index contributed by atoms with van der Waals surface area (Å²) < 4.78 is 5.11. The molecular formula is C15H24N2O2. The van der Waals surface area contributed by atoms with Crippen molar-refractivity contribution in [1.29, 1.82) is 0 Å². The third-order valence-electron chi connectivity index (χ3n) is 3.44. The number of rotatable bonds is 7. The number of amides is 1. The van der Waals surface area contributed by atoms with Crippen LogP contribution in [0.2, 0.25) is 0 Å². The zero-order chi connectivity index (χ0) is 14.3. The summed E-state index contributed by atoms with van der Waals surface area (Å²) in [6, 6.07) is 7.68. The van der Waals surface area contributed by atoms with Gasteiger partial charge in [-0.15, -0.1) is 0 Å². The Morgan fingerprint density at radius 1 is 1.37 bits per heavy atom. The fourth-order valence-electron chi connectivity index (χ4n) is 1.71. The highest BCUT2D eigenvalue weighted by Gasteiger charge is 2.11. The molecule has 2 unspecified atom stereocenters. The molecule has 19 heavy (non-hydrogen) atoms. The number of hydrogen-bond donors (Lipinski definition) is 2. The van der Waals surface area contributed by atoms with Gasteiger partial charge in [-0.3, -0.25) is 4.79 Å². The van der Waals surface area contributed by atoms with Crippen molar-refractivity contribution in [3.8, 4) is 5.75 Å². The van der Waals surface area contributed by atoms with Gasteiger partial charge in [0.25, 0.3) is 0 Å². The highest BCUT2D eigenvalue weighted by atomic mass is 16.5.